The van der Waals surface area contributed by atoms with Gasteiger partial charge in [-0.3, -0.25) is 0 Å². The van der Waals surface area contributed by atoms with E-state index in [1.165, 1.54) is 30.3 Å². The summed E-state index contributed by atoms with van der Waals surface area (Å²) in [5, 5.41) is 18.7. The van der Waals surface area contributed by atoms with Gasteiger partial charge in [-0.2, -0.15) is 5.26 Å². The molecule has 0 unspecified atom stereocenters. The fourth-order valence-corrected chi connectivity index (χ4v) is 1.93. The van der Waals surface area contributed by atoms with Gasteiger partial charge in [0.2, 0.25) is 0 Å². The highest BCUT2D eigenvalue weighted by molar-refractivity contribution is 5.46. The lowest BCUT2D eigenvalue weighted by atomic mass is 9.97. The smallest absolute Gasteiger partial charge is 0.508 e. The second kappa shape index (κ2) is 5.95. The fraction of sp³-hybridized carbons (Fsp3) is 0.133. The minimum Gasteiger partial charge on any atom is -0.508 e. The molecule has 0 amide bonds. The highest BCUT2D eigenvalue weighted by atomic mass is 19.4. The Morgan fingerprint density at radius 2 is 1.77 bits per heavy atom. The van der Waals surface area contributed by atoms with Crippen LogP contribution in [0.5, 0.6) is 11.5 Å². The van der Waals surface area contributed by atoms with Gasteiger partial charge in [-0.05, 0) is 35.9 Å². The normalized spacial score (nSPS) is 12.5. The molecule has 0 heterocycles. The summed E-state index contributed by atoms with van der Waals surface area (Å²) in [5.74, 6) is -0.458. The molecule has 0 aliphatic carbocycles. The fourth-order valence-electron chi connectivity index (χ4n) is 1.93. The van der Waals surface area contributed by atoms with Crippen LogP contribution in [-0.2, 0) is 0 Å². The van der Waals surface area contributed by atoms with Gasteiger partial charge >= 0.3 is 6.36 Å². The van der Waals surface area contributed by atoms with Crippen LogP contribution in [0.2, 0.25) is 0 Å². The van der Waals surface area contributed by atoms with Crippen molar-refractivity contribution in [3.8, 4) is 17.6 Å². The molecule has 2 aromatic carbocycles. The molecular weight excluding hydrogens is 297 g/mol. The second-order valence-electron chi connectivity index (χ2n) is 4.48. The van der Waals surface area contributed by atoms with Crippen LogP contribution < -0.4 is 10.5 Å². The number of rotatable bonds is 3. The van der Waals surface area contributed by atoms with Gasteiger partial charge in [-0.15, -0.1) is 13.2 Å². The van der Waals surface area contributed by atoms with E-state index in [0.29, 0.717) is 16.7 Å². The number of alkyl halides is 3. The van der Waals surface area contributed by atoms with Crippen molar-refractivity contribution in [2.45, 2.75) is 12.4 Å². The molecule has 2 aromatic rings. The minimum absolute atomic E-state index is 0.0953. The summed E-state index contributed by atoms with van der Waals surface area (Å²) in [6, 6.07) is 10.3. The van der Waals surface area contributed by atoms with Gasteiger partial charge in [-0.1, -0.05) is 12.1 Å². The van der Waals surface area contributed by atoms with Crippen LogP contribution in [0, 0.1) is 11.3 Å². The van der Waals surface area contributed by atoms with E-state index in [2.05, 4.69) is 4.74 Å². The van der Waals surface area contributed by atoms with Gasteiger partial charge in [0.25, 0.3) is 0 Å². The summed E-state index contributed by atoms with van der Waals surface area (Å²) in [6.45, 7) is 0. The SMILES string of the molecule is N#Cc1ccc(O)c([C@H](N)c2ccc(OC(F)(F)F)cc2)c1. The number of phenols is 1. The van der Waals surface area contributed by atoms with Gasteiger partial charge in [0.05, 0.1) is 17.7 Å². The van der Waals surface area contributed by atoms with Gasteiger partial charge in [0.1, 0.15) is 11.5 Å². The first-order valence-corrected chi connectivity index (χ1v) is 6.14. The van der Waals surface area contributed by atoms with E-state index in [1.54, 1.807) is 0 Å². The number of aromatic hydroxyl groups is 1. The third-order valence-corrected chi connectivity index (χ3v) is 2.96. The van der Waals surface area contributed by atoms with E-state index in [-0.39, 0.29) is 11.5 Å². The molecule has 0 radical (unpaired) electrons. The van der Waals surface area contributed by atoms with Crippen molar-refractivity contribution >= 4 is 0 Å². The number of phenolic OH excluding ortho intramolecular Hbond substituents is 1. The maximum Gasteiger partial charge on any atom is 0.573 e. The number of nitrogens with two attached hydrogens (primary N) is 1. The maximum atomic E-state index is 12.1. The Balaban J connectivity index is 2.27. The Bertz CT molecular complexity index is 706. The van der Waals surface area contributed by atoms with Crippen molar-refractivity contribution in [3.63, 3.8) is 0 Å². The molecule has 0 aliphatic rings. The Labute approximate surface area is 124 Å². The van der Waals surface area contributed by atoms with E-state index in [9.17, 15) is 18.3 Å². The monoisotopic (exact) mass is 308 g/mol. The predicted octanol–water partition coefficient (Wildman–Crippen LogP) is 3.21. The zero-order valence-corrected chi connectivity index (χ0v) is 11.1. The summed E-state index contributed by atoms with van der Waals surface area (Å²) in [5.41, 5.74) is 7.09. The third-order valence-electron chi connectivity index (χ3n) is 2.96. The van der Waals surface area contributed by atoms with Crippen molar-refractivity contribution in [3.05, 3.63) is 59.2 Å². The topological polar surface area (TPSA) is 79.3 Å². The van der Waals surface area contributed by atoms with Gasteiger partial charge in [0.15, 0.2) is 0 Å². The van der Waals surface area contributed by atoms with Crippen molar-refractivity contribution in [2.75, 3.05) is 0 Å². The number of hydrogen-bond acceptors (Lipinski definition) is 4. The standard InChI is InChI=1S/C15H11F3N2O2/c16-15(17,18)22-11-4-2-10(3-5-11)14(20)12-7-9(8-19)1-6-13(12)21/h1-7,14,21H,20H2/t14-/m1/s1. The number of nitrogens with zero attached hydrogens (tertiary/aromatic N) is 1. The lowest BCUT2D eigenvalue weighted by Gasteiger charge is -2.15. The number of hydrogen-bond donors (Lipinski definition) is 2. The first-order valence-electron chi connectivity index (χ1n) is 6.14. The van der Waals surface area contributed by atoms with Gasteiger partial charge in [-0.25, -0.2) is 0 Å². The quantitative estimate of drug-likeness (QED) is 0.912. The van der Waals surface area contributed by atoms with Crippen molar-refractivity contribution in [2.24, 2.45) is 5.73 Å². The molecule has 0 spiro atoms. The Hall–Kier alpha value is -2.72. The van der Waals surface area contributed by atoms with Crippen LogP contribution in [0.1, 0.15) is 22.7 Å². The average molecular weight is 308 g/mol. The summed E-state index contributed by atoms with van der Waals surface area (Å²) in [7, 11) is 0. The summed E-state index contributed by atoms with van der Waals surface area (Å²) in [6.07, 6.45) is -4.76. The van der Waals surface area contributed by atoms with E-state index in [4.69, 9.17) is 11.0 Å². The molecule has 0 bridgehead atoms. The van der Waals surface area contributed by atoms with E-state index in [0.717, 1.165) is 12.1 Å². The molecule has 22 heavy (non-hydrogen) atoms. The van der Waals surface area contributed by atoms with Crippen LogP contribution >= 0.6 is 0 Å². The van der Waals surface area contributed by atoms with Crippen LogP contribution in [0.15, 0.2) is 42.5 Å². The van der Waals surface area contributed by atoms with E-state index in [1.807, 2.05) is 6.07 Å². The molecular formula is C15H11F3N2O2. The van der Waals surface area contributed by atoms with Crippen molar-refractivity contribution in [1.29, 1.82) is 5.26 Å². The number of nitriles is 1. The largest absolute Gasteiger partial charge is 0.573 e. The molecule has 3 N–H and O–H groups in total. The number of benzene rings is 2. The first kappa shape index (κ1) is 15.7. The average Bonchev–Trinajstić information content (AvgIpc) is 2.46. The molecule has 1 atom stereocenters. The van der Waals surface area contributed by atoms with Crippen molar-refractivity contribution in [1.82, 2.24) is 0 Å². The predicted molar refractivity (Wildman–Crippen MR) is 72.0 cm³/mol. The highest BCUT2D eigenvalue weighted by Gasteiger charge is 2.31. The van der Waals surface area contributed by atoms with Crippen molar-refractivity contribution < 1.29 is 23.0 Å². The first-order chi connectivity index (χ1) is 10.3. The zero-order valence-electron chi connectivity index (χ0n) is 11.1. The molecule has 0 aromatic heterocycles. The maximum absolute atomic E-state index is 12.1. The van der Waals surface area contributed by atoms with Crippen LogP contribution in [-0.4, -0.2) is 11.5 Å². The zero-order chi connectivity index (χ0) is 16.3. The number of ether oxygens (including phenoxy) is 1. The Morgan fingerprint density at radius 1 is 1.14 bits per heavy atom. The molecule has 0 saturated heterocycles. The third kappa shape index (κ3) is 3.68. The highest BCUT2D eigenvalue weighted by Crippen LogP contribution is 2.30. The molecule has 4 nitrogen and oxygen atoms in total. The molecule has 0 saturated carbocycles. The second-order valence-corrected chi connectivity index (χ2v) is 4.48. The summed E-state index contributed by atoms with van der Waals surface area (Å²) >= 11 is 0. The molecule has 2 rings (SSSR count). The molecule has 114 valence electrons. The van der Waals surface area contributed by atoms with E-state index < -0.39 is 12.4 Å². The molecule has 7 heteroatoms. The lowest BCUT2D eigenvalue weighted by Crippen LogP contribution is -2.17. The summed E-state index contributed by atoms with van der Waals surface area (Å²) < 4.78 is 40.0. The Kier molecular flexibility index (Phi) is 4.24. The molecule has 0 aliphatic heterocycles. The minimum atomic E-state index is -4.76. The van der Waals surface area contributed by atoms with Gasteiger partial charge in [0, 0.05) is 5.56 Å². The van der Waals surface area contributed by atoms with Gasteiger partial charge < -0.3 is 15.6 Å². The molecule has 0 fully saturated rings. The van der Waals surface area contributed by atoms with Crippen LogP contribution in [0.4, 0.5) is 13.2 Å². The summed E-state index contributed by atoms with van der Waals surface area (Å²) in [4.78, 5) is 0. The Morgan fingerprint density at radius 3 is 2.32 bits per heavy atom. The van der Waals surface area contributed by atoms with Crippen LogP contribution in [0.25, 0.3) is 0 Å². The van der Waals surface area contributed by atoms with E-state index >= 15 is 0 Å². The lowest BCUT2D eigenvalue weighted by molar-refractivity contribution is -0.274. The van der Waals surface area contributed by atoms with Crippen LogP contribution in [0.3, 0.4) is 0 Å². The number of halogens is 3.